The highest BCUT2D eigenvalue weighted by Crippen LogP contribution is 2.20. The van der Waals surface area contributed by atoms with Gasteiger partial charge >= 0.3 is 6.09 Å². The first-order valence-electron chi connectivity index (χ1n) is 3.89. The van der Waals surface area contributed by atoms with E-state index in [9.17, 15) is 13.6 Å². The van der Waals surface area contributed by atoms with Crippen LogP contribution in [0.5, 0.6) is 0 Å². The van der Waals surface area contributed by atoms with Crippen molar-refractivity contribution in [3.63, 3.8) is 0 Å². The molecule has 4 nitrogen and oxygen atoms in total. The van der Waals surface area contributed by atoms with Crippen molar-refractivity contribution in [1.29, 1.82) is 0 Å². The SMILES string of the molecule is O=C(O)NC(c1ccc(Br)nc1)C(F)F. The fourth-order valence-corrected chi connectivity index (χ4v) is 1.23. The van der Waals surface area contributed by atoms with Crippen LogP contribution in [-0.2, 0) is 0 Å². The minimum Gasteiger partial charge on any atom is -0.465 e. The monoisotopic (exact) mass is 280 g/mol. The molecule has 0 aliphatic carbocycles. The van der Waals surface area contributed by atoms with E-state index in [1.165, 1.54) is 18.3 Å². The standard InChI is InChI=1S/C8H7BrF2N2O2/c9-5-2-1-4(3-12-5)6(7(10)11)13-8(14)15/h1-3,6-7,13H,(H,14,15). The first-order valence-corrected chi connectivity index (χ1v) is 4.69. The minimum atomic E-state index is -2.82. The van der Waals surface area contributed by atoms with E-state index in [2.05, 4.69) is 20.9 Å². The number of halogens is 3. The molecule has 0 radical (unpaired) electrons. The summed E-state index contributed by atoms with van der Waals surface area (Å²) in [5, 5.41) is 10.1. The highest BCUT2D eigenvalue weighted by Gasteiger charge is 2.24. The fraction of sp³-hybridized carbons (Fsp3) is 0.250. The third-order valence-electron chi connectivity index (χ3n) is 1.64. The molecule has 0 bridgehead atoms. The average Bonchev–Trinajstić information content (AvgIpc) is 2.15. The smallest absolute Gasteiger partial charge is 0.405 e. The van der Waals surface area contributed by atoms with Gasteiger partial charge in [0.05, 0.1) is 0 Å². The predicted octanol–water partition coefficient (Wildman–Crippen LogP) is 2.42. The Morgan fingerprint density at radius 2 is 2.20 bits per heavy atom. The first kappa shape index (κ1) is 11.8. The molecule has 2 N–H and O–H groups in total. The predicted molar refractivity (Wildman–Crippen MR) is 51.8 cm³/mol. The summed E-state index contributed by atoms with van der Waals surface area (Å²) >= 11 is 3.05. The number of nitrogens with zero attached hydrogens (tertiary/aromatic N) is 1. The number of rotatable bonds is 3. The maximum Gasteiger partial charge on any atom is 0.405 e. The van der Waals surface area contributed by atoms with Gasteiger partial charge in [-0.2, -0.15) is 0 Å². The first-order chi connectivity index (χ1) is 7.00. The average molecular weight is 281 g/mol. The minimum absolute atomic E-state index is 0.121. The van der Waals surface area contributed by atoms with Crippen LogP contribution in [0.1, 0.15) is 11.6 Å². The third-order valence-corrected chi connectivity index (χ3v) is 2.11. The second-order valence-electron chi connectivity index (χ2n) is 2.68. The molecule has 15 heavy (non-hydrogen) atoms. The van der Waals surface area contributed by atoms with Crippen LogP contribution in [0.25, 0.3) is 0 Å². The summed E-state index contributed by atoms with van der Waals surface area (Å²) in [5.74, 6) is 0. The molecule has 0 spiro atoms. The number of carbonyl (C=O) groups is 1. The molecule has 0 aliphatic heterocycles. The summed E-state index contributed by atoms with van der Waals surface area (Å²) in [7, 11) is 0. The van der Waals surface area contributed by atoms with E-state index in [-0.39, 0.29) is 5.56 Å². The Bertz CT molecular complexity index is 345. The number of alkyl halides is 2. The zero-order valence-electron chi connectivity index (χ0n) is 7.32. The third kappa shape index (κ3) is 3.43. The van der Waals surface area contributed by atoms with E-state index in [4.69, 9.17) is 5.11 Å². The highest BCUT2D eigenvalue weighted by atomic mass is 79.9. The number of aromatic nitrogens is 1. The van der Waals surface area contributed by atoms with Gasteiger partial charge in [-0.25, -0.2) is 18.6 Å². The van der Waals surface area contributed by atoms with Crippen LogP contribution >= 0.6 is 15.9 Å². The normalized spacial score (nSPS) is 12.5. The molecule has 0 aliphatic rings. The Balaban J connectivity index is 2.88. The molecular weight excluding hydrogens is 274 g/mol. The molecule has 82 valence electrons. The molecule has 1 aromatic rings. The molecule has 0 saturated carbocycles. The Morgan fingerprint density at radius 1 is 1.53 bits per heavy atom. The second kappa shape index (κ2) is 5.01. The zero-order valence-corrected chi connectivity index (χ0v) is 8.91. The molecule has 1 heterocycles. The van der Waals surface area contributed by atoms with E-state index < -0.39 is 18.6 Å². The largest absolute Gasteiger partial charge is 0.465 e. The highest BCUT2D eigenvalue weighted by molar-refractivity contribution is 9.10. The molecular formula is C8H7BrF2N2O2. The summed E-state index contributed by atoms with van der Waals surface area (Å²) in [6.45, 7) is 0. The van der Waals surface area contributed by atoms with Crippen molar-refractivity contribution in [2.75, 3.05) is 0 Å². The van der Waals surface area contributed by atoms with Gasteiger partial charge < -0.3 is 10.4 Å². The Hall–Kier alpha value is -1.24. The summed E-state index contributed by atoms with van der Waals surface area (Å²) in [5.41, 5.74) is 0.121. The molecule has 7 heteroatoms. The molecule has 0 fully saturated rings. The lowest BCUT2D eigenvalue weighted by molar-refractivity contribution is 0.0942. The van der Waals surface area contributed by atoms with Crippen molar-refractivity contribution < 1.29 is 18.7 Å². The van der Waals surface area contributed by atoms with Crippen molar-refractivity contribution in [3.8, 4) is 0 Å². The van der Waals surface area contributed by atoms with Crippen molar-refractivity contribution >= 4 is 22.0 Å². The van der Waals surface area contributed by atoms with Gasteiger partial charge in [-0.3, -0.25) is 0 Å². The quantitative estimate of drug-likeness (QED) is 0.836. The van der Waals surface area contributed by atoms with E-state index in [1.807, 2.05) is 0 Å². The van der Waals surface area contributed by atoms with Gasteiger partial charge in [0.25, 0.3) is 6.43 Å². The van der Waals surface area contributed by atoms with Crippen molar-refractivity contribution in [2.45, 2.75) is 12.5 Å². The van der Waals surface area contributed by atoms with Gasteiger partial charge in [-0.05, 0) is 27.6 Å². The van der Waals surface area contributed by atoms with Crippen LogP contribution in [0.3, 0.4) is 0 Å². The van der Waals surface area contributed by atoms with Gasteiger partial charge in [-0.15, -0.1) is 0 Å². The van der Waals surface area contributed by atoms with Gasteiger partial charge in [-0.1, -0.05) is 6.07 Å². The van der Waals surface area contributed by atoms with Crippen LogP contribution in [0, 0.1) is 0 Å². The number of hydrogen-bond acceptors (Lipinski definition) is 2. The molecule has 1 aromatic heterocycles. The molecule has 0 aromatic carbocycles. The van der Waals surface area contributed by atoms with Gasteiger partial charge in [0.15, 0.2) is 0 Å². The fourth-order valence-electron chi connectivity index (χ4n) is 0.996. The molecule has 1 amide bonds. The Kier molecular flexibility index (Phi) is 3.96. The van der Waals surface area contributed by atoms with Crippen molar-refractivity contribution in [2.24, 2.45) is 0 Å². The van der Waals surface area contributed by atoms with Crippen molar-refractivity contribution in [1.82, 2.24) is 10.3 Å². The molecule has 1 atom stereocenters. The number of nitrogens with one attached hydrogen (secondary N) is 1. The summed E-state index contributed by atoms with van der Waals surface area (Å²) in [6, 6.07) is 1.29. The molecule has 1 rings (SSSR count). The molecule has 1 unspecified atom stereocenters. The van der Waals surface area contributed by atoms with Gasteiger partial charge in [0, 0.05) is 6.20 Å². The van der Waals surface area contributed by atoms with Crippen LogP contribution in [0.4, 0.5) is 13.6 Å². The Morgan fingerprint density at radius 3 is 2.60 bits per heavy atom. The van der Waals surface area contributed by atoms with Gasteiger partial charge in [0.2, 0.25) is 0 Å². The second-order valence-corrected chi connectivity index (χ2v) is 3.49. The summed E-state index contributed by atoms with van der Waals surface area (Å²) < 4.78 is 25.5. The van der Waals surface area contributed by atoms with Crippen LogP contribution < -0.4 is 5.32 Å². The van der Waals surface area contributed by atoms with E-state index in [0.717, 1.165) is 0 Å². The topological polar surface area (TPSA) is 62.2 Å². The lowest BCUT2D eigenvalue weighted by atomic mass is 10.1. The van der Waals surface area contributed by atoms with Crippen molar-refractivity contribution in [3.05, 3.63) is 28.5 Å². The number of carboxylic acid groups (broad SMARTS) is 1. The summed E-state index contributed by atoms with van der Waals surface area (Å²) in [4.78, 5) is 14.0. The molecule has 0 saturated heterocycles. The maximum absolute atomic E-state index is 12.5. The lowest BCUT2D eigenvalue weighted by Gasteiger charge is -2.15. The van der Waals surface area contributed by atoms with Gasteiger partial charge in [0.1, 0.15) is 10.6 Å². The van der Waals surface area contributed by atoms with Crippen LogP contribution in [0.15, 0.2) is 22.9 Å². The maximum atomic E-state index is 12.5. The van der Waals surface area contributed by atoms with E-state index in [0.29, 0.717) is 4.60 Å². The van der Waals surface area contributed by atoms with Crippen LogP contribution in [-0.4, -0.2) is 22.6 Å². The Labute approximate surface area is 92.5 Å². The zero-order chi connectivity index (χ0) is 11.4. The van der Waals surface area contributed by atoms with Crippen LogP contribution in [0.2, 0.25) is 0 Å². The van der Waals surface area contributed by atoms with E-state index in [1.54, 1.807) is 5.32 Å². The summed E-state index contributed by atoms with van der Waals surface area (Å²) in [6.07, 6.45) is -3.12. The number of pyridine rings is 1. The lowest BCUT2D eigenvalue weighted by Crippen LogP contribution is -2.31. The number of hydrogen-bond donors (Lipinski definition) is 2. The van der Waals surface area contributed by atoms with E-state index >= 15 is 0 Å². The number of amides is 1.